The smallest absolute Gasteiger partial charge is 0.243 e. The Morgan fingerprint density at radius 3 is 2.62 bits per heavy atom. The molecule has 0 unspecified atom stereocenters. The number of amides is 1. The lowest BCUT2D eigenvalue weighted by Gasteiger charge is -2.13. The number of carbonyl (C=O) groups is 1. The molecule has 6 nitrogen and oxygen atoms in total. The number of aryl methyl sites for hydroxylation is 2. The highest BCUT2D eigenvalue weighted by atomic mass is 35.5. The predicted octanol–water partition coefficient (Wildman–Crippen LogP) is 2.92. The summed E-state index contributed by atoms with van der Waals surface area (Å²) in [6.45, 7) is 5.70. The molecule has 1 amide bonds. The third-order valence-electron chi connectivity index (χ3n) is 3.70. The molecule has 0 spiro atoms. The Morgan fingerprint density at radius 2 is 2.00 bits per heavy atom. The van der Waals surface area contributed by atoms with Crippen molar-refractivity contribution in [1.29, 1.82) is 0 Å². The minimum Gasteiger partial charge on any atom is -0.353 e. The van der Waals surface area contributed by atoms with Gasteiger partial charge >= 0.3 is 0 Å². The largest absolute Gasteiger partial charge is 0.353 e. The highest BCUT2D eigenvalue weighted by Crippen LogP contribution is 2.22. The average molecular weight is 366 g/mol. The van der Waals surface area contributed by atoms with E-state index in [4.69, 9.17) is 23.8 Å². The molecule has 0 aliphatic rings. The lowest BCUT2D eigenvalue weighted by molar-refractivity contribution is -0.115. The van der Waals surface area contributed by atoms with Crippen LogP contribution in [0.2, 0.25) is 5.02 Å². The third-order valence-corrected chi connectivity index (χ3v) is 4.35. The van der Waals surface area contributed by atoms with Gasteiger partial charge in [0.05, 0.1) is 23.6 Å². The molecular formula is C16H20ClN5OS. The third kappa shape index (κ3) is 4.24. The fourth-order valence-corrected chi connectivity index (χ4v) is 2.56. The number of hydrogen-bond acceptors (Lipinski definition) is 3. The van der Waals surface area contributed by atoms with Crippen molar-refractivity contribution in [2.24, 2.45) is 7.05 Å². The number of carbonyl (C=O) groups excluding carboxylic acids is 1. The van der Waals surface area contributed by atoms with Crippen LogP contribution in [0.3, 0.4) is 0 Å². The van der Waals surface area contributed by atoms with E-state index in [-0.39, 0.29) is 12.5 Å². The molecule has 0 fully saturated rings. The Kier molecular flexibility index (Phi) is 5.80. The molecule has 0 radical (unpaired) electrons. The van der Waals surface area contributed by atoms with Crippen molar-refractivity contribution in [1.82, 2.24) is 15.1 Å². The Balaban J connectivity index is 1.89. The number of rotatable bonds is 4. The number of hydrogen-bond donors (Lipinski definition) is 3. The Bertz CT molecular complexity index is 787. The zero-order chi connectivity index (χ0) is 17.9. The van der Waals surface area contributed by atoms with E-state index in [1.807, 2.05) is 46.0 Å². The highest BCUT2D eigenvalue weighted by Gasteiger charge is 2.12. The first-order chi connectivity index (χ1) is 11.3. The minimum atomic E-state index is -0.193. The minimum absolute atomic E-state index is 0.0548. The monoisotopic (exact) mass is 365 g/mol. The number of benzene rings is 1. The second-order valence-electron chi connectivity index (χ2n) is 5.44. The van der Waals surface area contributed by atoms with Gasteiger partial charge in [0, 0.05) is 17.8 Å². The molecular weight excluding hydrogens is 346 g/mol. The van der Waals surface area contributed by atoms with Crippen molar-refractivity contribution in [2.75, 3.05) is 17.2 Å². The van der Waals surface area contributed by atoms with E-state index in [0.29, 0.717) is 10.1 Å². The number of halogens is 1. The molecule has 1 heterocycles. The predicted molar refractivity (Wildman–Crippen MR) is 102 cm³/mol. The van der Waals surface area contributed by atoms with Crippen LogP contribution in [-0.4, -0.2) is 27.3 Å². The summed E-state index contributed by atoms with van der Waals surface area (Å²) in [6, 6.07) is 5.52. The summed E-state index contributed by atoms with van der Waals surface area (Å²) in [7, 11) is 1.84. The van der Waals surface area contributed by atoms with Gasteiger partial charge in [0.1, 0.15) is 0 Å². The number of anilines is 2. The zero-order valence-electron chi connectivity index (χ0n) is 14.0. The van der Waals surface area contributed by atoms with Gasteiger partial charge in [0.2, 0.25) is 5.91 Å². The molecule has 1 aromatic carbocycles. The van der Waals surface area contributed by atoms with Crippen molar-refractivity contribution in [2.45, 2.75) is 20.8 Å². The first-order valence-corrected chi connectivity index (χ1v) is 8.18. The molecule has 2 aromatic rings. The SMILES string of the molecule is Cc1nn(C)c(C)c1NC(=O)CNC(=S)Nc1cccc(Cl)c1C. The van der Waals surface area contributed by atoms with Gasteiger partial charge in [-0.25, -0.2) is 0 Å². The number of nitrogens with one attached hydrogen (secondary N) is 3. The topological polar surface area (TPSA) is 71.0 Å². The molecule has 128 valence electrons. The average Bonchev–Trinajstić information content (AvgIpc) is 2.76. The van der Waals surface area contributed by atoms with Crippen LogP contribution in [0.5, 0.6) is 0 Å². The number of aromatic nitrogens is 2. The lowest BCUT2D eigenvalue weighted by Crippen LogP contribution is -2.35. The van der Waals surface area contributed by atoms with E-state index in [2.05, 4.69) is 21.0 Å². The van der Waals surface area contributed by atoms with Gasteiger partial charge in [0.25, 0.3) is 0 Å². The molecule has 0 aliphatic carbocycles. The maximum atomic E-state index is 12.1. The fraction of sp³-hybridized carbons (Fsp3) is 0.312. The van der Waals surface area contributed by atoms with Crippen LogP contribution in [0, 0.1) is 20.8 Å². The van der Waals surface area contributed by atoms with E-state index in [0.717, 1.165) is 28.3 Å². The van der Waals surface area contributed by atoms with Crippen LogP contribution < -0.4 is 16.0 Å². The molecule has 24 heavy (non-hydrogen) atoms. The molecule has 0 saturated carbocycles. The van der Waals surface area contributed by atoms with Crippen molar-refractivity contribution in [3.63, 3.8) is 0 Å². The fourth-order valence-electron chi connectivity index (χ4n) is 2.21. The summed E-state index contributed by atoms with van der Waals surface area (Å²) >= 11 is 11.3. The van der Waals surface area contributed by atoms with Gasteiger partial charge in [-0.1, -0.05) is 17.7 Å². The van der Waals surface area contributed by atoms with E-state index in [1.54, 1.807) is 4.68 Å². The molecule has 8 heteroatoms. The standard InChI is InChI=1S/C16H20ClN5OS/c1-9-12(17)6-5-7-13(9)19-16(24)18-8-14(23)20-15-10(2)21-22(4)11(15)3/h5-7H,8H2,1-4H3,(H,20,23)(H2,18,19,24). The van der Waals surface area contributed by atoms with Gasteiger partial charge in [-0.05, 0) is 50.7 Å². The van der Waals surface area contributed by atoms with E-state index in [9.17, 15) is 4.79 Å². The van der Waals surface area contributed by atoms with Gasteiger partial charge in [0.15, 0.2) is 5.11 Å². The van der Waals surface area contributed by atoms with Crippen molar-refractivity contribution < 1.29 is 4.79 Å². The van der Waals surface area contributed by atoms with Crippen molar-refractivity contribution in [3.8, 4) is 0 Å². The first kappa shape index (κ1) is 18.2. The summed E-state index contributed by atoms with van der Waals surface area (Å²) < 4.78 is 1.73. The van der Waals surface area contributed by atoms with Crippen LogP contribution in [-0.2, 0) is 11.8 Å². The number of nitrogens with zero attached hydrogens (tertiary/aromatic N) is 2. The molecule has 0 saturated heterocycles. The summed E-state index contributed by atoms with van der Waals surface area (Å²) in [5, 5.41) is 14.0. The lowest BCUT2D eigenvalue weighted by atomic mass is 10.2. The summed E-state index contributed by atoms with van der Waals surface area (Å²) in [6.07, 6.45) is 0. The molecule has 0 atom stereocenters. The maximum absolute atomic E-state index is 12.1. The van der Waals surface area contributed by atoms with Gasteiger partial charge < -0.3 is 16.0 Å². The summed E-state index contributed by atoms with van der Waals surface area (Å²) in [4.78, 5) is 12.1. The first-order valence-electron chi connectivity index (χ1n) is 7.39. The van der Waals surface area contributed by atoms with E-state index >= 15 is 0 Å². The number of thiocarbonyl (C=S) groups is 1. The normalized spacial score (nSPS) is 10.4. The van der Waals surface area contributed by atoms with Crippen LogP contribution >= 0.6 is 23.8 Å². The maximum Gasteiger partial charge on any atom is 0.243 e. The molecule has 1 aromatic heterocycles. The second kappa shape index (κ2) is 7.63. The highest BCUT2D eigenvalue weighted by molar-refractivity contribution is 7.80. The molecule has 3 N–H and O–H groups in total. The van der Waals surface area contributed by atoms with Crippen LogP contribution in [0.25, 0.3) is 0 Å². The van der Waals surface area contributed by atoms with Gasteiger partial charge in [-0.2, -0.15) is 5.10 Å². The second-order valence-corrected chi connectivity index (χ2v) is 6.25. The summed E-state index contributed by atoms with van der Waals surface area (Å²) in [5.74, 6) is -0.193. The quantitative estimate of drug-likeness (QED) is 0.727. The van der Waals surface area contributed by atoms with E-state index < -0.39 is 0 Å². The Labute approximate surface area is 151 Å². The molecule has 0 aliphatic heterocycles. The van der Waals surface area contributed by atoms with Crippen LogP contribution in [0.4, 0.5) is 11.4 Å². The van der Waals surface area contributed by atoms with Crippen molar-refractivity contribution >= 4 is 46.2 Å². The van der Waals surface area contributed by atoms with Gasteiger partial charge in [-0.3, -0.25) is 9.48 Å². The molecule has 0 bridgehead atoms. The summed E-state index contributed by atoms with van der Waals surface area (Å²) in [5.41, 5.74) is 4.11. The van der Waals surface area contributed by atoms with Crippen molar-refractivity contribution in [3.05, 3.63) is 40.2 Å². The van der Waals surface area contributed by atoms with Crippen LogP contribution in [0.1, 0.15) is 17.0 Å². The van der Waals surface area contributed by atoms with Crippen LogP contribution in [0.15, 0.2) is 18.2 Å². The Hall–Kier alpha value is -2.12. The Morgan fingerprint density at radius 1 is 1.29 bits per heavy atom. The molecule has 2 rings (SSSR count). The van der Waals surface area contributed by atoms with E-state index in [1.165, 1.54) is 0 Å². The zero-order valence-corrected chi connectivity index (χ0v) is 15.6. The van der Waals surface area contributed by atoms with Gasteiger partial charge in [-0.15, -0.1) is 0 Å².